The van der Waals surface area contributed by atoms with Gasteiger partial charge in [0.2, 0.25) is 11.8 Å². The highest BCUT2D eigenvalue weighted by molar-refractivity contribution is 5.96. The van der Waals surface area contributed by atoms with Gasteiger partial charge in [-0.15, -0.1) is 0 Å². The zero-order chi connectivity index (χ0) is 14.7. The number of aromatic nitrogens is 3. The van der Waals surface area contributed by atoms with E-state index in [-0.39, 0.29) is 11.8 Å². The summed E-state index contributed by atoms with van der Waals surface area (Å²) in [7, 11) is 1.78. The molecule has 0 spiro atoms. The lowest BCUT2D eigenvalue weighted by Crippen LogP contribution is -2.62. The number of amides is 2. The van der Waals surface area contributed by atoms with E-state index in [1.165, 1.54) is 6.33 Å². The minimum Gasteiger partial charge on any atom is -0.343 e. The van der Waals surface area contributed by atoms with E-state index in [1.807, 2.05) is 13.8 Å². The first kappa shape index (κ1) is 14.5. The summed E-state index contributed by atoms with van der Waals surface area (Å²) in [5, 5.41) is 6.81. The Balaban J connectivity index is 2.24. The Morgan fingerprint density at radius 1 is 1.35 bits per heavy atom. The molecule has 2 atom stereocenters. The average molecular weight is 279 g/mol. The lowest BCUT2D eigenvalue weighted by molar-refractivity contribution is -0.150. The molecule has 1 fully saturated rings. The van der Waals surface area contributed by atoms with Crippen molar-refractivity contribution in [1.29, 1.82) is 0 Å². The number of carbonyl (C=O) groups is 2. The Morgan fingerprint density at radius 3 is 2.65 bits per heavy atom. The SMILES string of the molecule is CCCC1C(=O)NC(CC)C(=O)N1Cc1ncnn1C. The molecule has 1 aromatic rings. The Bertz CT molecular complexity index is 499. The third kappa shape index (κ3) is 2.66. The molecule has 1 N–H and O–H groups in total. The molecule has 0 saturated carbocycles. The fourth-order valence-electron chi connectivity index (χ4n) is 2.47. The van der Waals surface area contributed by atoms with Crippen molar-refractivity contribution >= 4 is 11.8 Å². The third-order valence-corrected chi connectivity index (χ3v) is 3.66. The van der Waals surface area contributed by atoms with Gasteiger partial charge in [-0.2, -0.15) is 5.10 Å². The summed E-state index contributed by atoms with van der Waals surface area (Å²) in [6, 6.07) is -0.837. The molecule has 0 bridgehead atoms. The van der Waals surface area contributed by atoms with E-state index in [2.05, 4.69) is 15.4 Å². The van der Waals surface area contributed by atoms with Gasteiger partial charge in [-0.3, -0.25) is 14.3 Å². The average Bonchev–Trinajstić information content (AvgIpc) is 2.83. The zero-order valence-electron chi connectivity index (χ0n) is 12.2. The van der Waals surface area contributed by atoms with Crippen molar-refractivity contribution in [1.82, 2.24) is 25.0 Å². The molecule has 0 aliphatic carbocycles. The highest BCUT2D eigenvalue weighted by atomic mass is 16.2. The molecule has 2 rings (SSSR count). The van der Waals surface area contributed by atoms with Crippen molar-refractivity contribution in [2.45, 2.75) is 51.7 Å². The van der Waals surface area contributed by atoms with Crippen LogP contribution in [0.15, 0.2) is 6.33 Å². The Hall–Kier alpha value is -1.92. The number of rotatable bonds is 5. The normalized spacial score (nSPS) is 23.1. The number of hydrogen-bond donors (Lipinski definition) is 1. The zero-order valence-corrected chi connectivity index (χ0v) is 12.2. The lowest BCUT2D eigenvalue weighted by Gasteiger charge is -2.38. The van der Waals surface area contributed by atoms with Gasteiger partial charge in [0.1, 0.15) is 24.2 Å². The van der Waals surface area contributed by atoms with Crippen molar-refractivity contribution in [2.24, 2.45) is 7.05 Å². The molecule has 0 aromatic carbocycles. The molecule has 20 heavy (non-hydrogen) atoms. The van der Waals surface area contributed by atoms with E-state index in [0.717, 1.165) is 6.42 Å². The van der Waals surface area contributed by atoms with Crippen LogP contribution in [0.25, 0.3) is 0 Å². The van der Waals surface area contributed by atoms with Crippen LogP contribution in [0.2, 0.25) is 0 Å². The Labute approximate surface area is 118 Å². The van der Waals surface area contributed by atoms with Gasteiger partial charge in [0.15, 0.2) is 0 Å². The number of nitrogens with one attached hydrogen (secondary N) is 1. The van der Waals surface area contributed by atoms with Crippen molar-refractivity contribution < 1.29 is 9.59 Å². The van der Waals surface area contributed by atoms with Gasteiger partial charge < -0.3 is 10.2 Å². The molecule has 1 saturated heterocycles. The summed E-state index contributed by atoms with van der Waals surface area (Å²) in [6.45, 7) is 4.22. The van der Waals surface area contributed by atoms with E-state index in [9.17, 15) is 9.59 Å². The molecular formula is C13H21N5O2. The number of piperazine rings is 1. The van der Waals surface area contributed by atoms with Crippen LogP contribution in [-0.4, -0.2) is 43.6 Å². The number of nitrogens with zero attached hydrogens (tertiary/aromatic N) is 4. The standard InChI is InChI=1S/C13H21N5O2/c1-4-6-10-12(19)16-9(5-2)13(20)18(10)7-11-14-8-15-17(11)3/h8-10H,4-7H2,1-3H3,(H,16,19). The van der Waals surface area contributed by atoms with Crippen molar-refractivity contribution in [2.75, 3.05) is 0 Å². The molecular weight excluding hydrogens is 258 g/mol. The van der Waals surface area contributed by atoms with Crippen molar-refractivity contribution in [3.05, 3.63) is 12.2 Å². The maximum absolute atomic E-state index is 12.5. The van der Waals surface area contributed by atoms with Crippen molar-refractivity contribution in [3.63, 3.8) is 0 Å². The van der Waals surface area contributed by atoms with Crippen LogP contribution in [0, 0.1) is 0 Å². The third-order valence-electron chi connectivity index (χ3n) is 3.66. The first-order valence-electron chi connectivity index (χ1n) is 7.02. The predicted octanol–water partition coefficient (Wildman–Crippen LogP) is 0.221. The van der Waals surface area contributed by atoms with E-state index in [0.29, 0.717) is 25.2 Å². The van der Waals surface area contributed by atoms with E-state index in [1.54, 1.807) is 16.6 Å². The van der Waals surface area contributed by atoms with Gasteiger partial charge in [0.25, 0.3) is 0 Å². The van der Waals surface area contributed by atoms with Gasteiger partial charge in [-0.1, -0.05) is 20.3 Å². The second kappa shape index (κ2) is 6.02. The van der Waals surface area contributed by atoms with Crippen LogP contribution in [0.5, 0.6) is 0 Å². The molecule has 1 aliphatic rings. The molecule has 1 aliphatic heterocycles. The molecule has 2 unspecified atom stereocenters. The summed E-state index contributed by atoms with van der Waals surface area (Å²) in [5.41, 5.74) is 0. The Morgan fingerprint density at radius 2 is 2.10 bits per heavy atom. The highest BCUT2D eigenvalue weighted by Gasteiger charge is 2.39. The predicted molar refractivity (Wildman–Crippen MR) is 72.5 cm³/mol. The quantitative estimate of drug-likeness (QED) is 0.836. The minimum absolute atomic E-state index is 0.0337. The van der Waals surface area contributed by atoms with E-state index < -0.39 is 12.1 Å². The second-order valence-electron chi connectivity index (χ2n) is 5.04. The van der Waals surface area contributed by atoms with Crippen LogP contribution in [-0.2, 0) is 23.2 Å². The summed E-state index contributed by atoms with van der Waals surface area (Å²) >= 11 is 0. The van der Waals surface area contributed by atoms with Crippen LogP contribution in [0.4, 0.5) is 0 Å². The monoisotopic (exact) mass is 279 g/mol. The number of aryl methyl sites for hydroxylation is 1. The van der Waals surface area contributed by atoms with Crippen LogP contribution >= 0.6 is 0 Å². The summed E-state index contributed by atoms with van der Waals surface area (Å²) in [6.07, 6.45) is 3.55. The summed E-state index contributed by atoms with van der Waals surface area (Å²) in [5.74, 6) is 0.582. The molecule has 7 nitrogen and oxygen atoms in total. The summed E-state index contributed by atoms with van der Waals surface area (Å²) in [4.78, 5) is 30.4. The van der Waals surface area contributed by atoms with Crippen LogP contribution in [0.1, 0.15) is 38.9 Å². The van der Waals surface area contributed by atoms with Crippen molar-refractivity contribution in [3.8, 4) is 0 Å². The molecule has 110 valence electrons. The van der Waals surface area contributed by atoms with Gasteiger partial charge in [-0.05, 0) is 12.8 Å². The number of hydrogen-bond acceptors (Lipinski definition) is 4. The van der Waals surface area contributed by atoms with Gasteiger partial charge in [-0.25, -0.2) is 4.98 Å². The van der Waals surface area contributed by atoms with E-state index >= 15 is 0 Å². The molecule has 1 aromatic heterocycles. The van der Waals surface area contributed by atoms with E-state index in [4.69, 9.17) is 0 Å². The van der Waals surface area contributed by atoms with Crippen LogP contribution in [0.3, 0.4) is 0 Å². The first-order valence-corrected chi connectivity index (χ1v) is 7.02. The maximum Gasteiger partial charge on any atom is 0.246 e. The second-order valence-corrected chi connectivity index (χ2v) is 5.04. The number of carbonyl (C=O) groups excluding carboxylic acids is 2. The Kier molecular flexibility index (Phi) is 4.36. The van der Waals surface area contributed by atoms with Gasteiger partial charge in [0, 0.05) is 7.05 Å². The molecule has 2 amide bonds. The van der Waals surface area contributed by atoms with Gasteiger partial charge in [0.05, 0.1) is 6.54 Å². The first-order chi connectivity index (χ1) is 9.58. The smallest absolute Gasteiger partial charge is 0.246 e. The minimum atomic E-state index is -0.427. The lowest BCUT2D eigenvalue weighted by atomic mass is 10.0. The van der Waals surface area contributed by atoms with Gasteiger partial charge >= 0.3 is 0 Å². The summed E-state index contributed by atoms with van der Waals surface area (Å²) < 4.78 is 1.63. The molecule has 7 heteroatoms. The fourth-order valence-corrected chi connectivity index (χ4v) is 2.47. The van der Waals surface area contributed by atoms with Crippen LogP contribution < -0.4 is 5.32 Å². The largest absolute Gasteiger partial charge is 0.343 e. The maximum atomic E-state index is 12.5. The fraction of sp³-hybridized carbons (Fsp3) is 0.692. The highest BCUT2D eigenvalue weighted by Crippen LogP contribution is 2.18. The molecule has 2 heterocycles. The molecule has 0 radical (unpaired) electrons. The topological polar surface area (TPSA) is 80.1 Å².